The number of carbonyl (C=O) groups is 1. The molecule has 0 aliphatic heterocycles. The van der Waals surface area contributed by atoms with Gasteiger partial charge in [0.15, 0.2) is 0 Å². The molecule has 0 unspecified atom stereocenters. The second-order valence-electron chi connectivity index (χ2n) is 4.05. The third-order valence-electron chi connectivity index (χ3n) is 2.82. The van der Waals surface area contributed by atoms with Gasteiger partial charge in [-0.2, -0.15) is 0 Å². The van der Waals surface area contributed by atoms with E-state index in [1.165, 1.54) is 18.4 Å². The highest BCUT2D eigenvalue weighted by Gasteiger charge is 2.15. The lowest BCUT2D eigenvalue weighted by Gasteiger charge is -2.23. The van der Waals surface area contributed by atoms with Crippen molar-refractivity contribution >= 4 is 6.29 Å². The molecule has 0 N–H and O–H groups in total. The third-order valence-corrected chi connectivity index (χ3v) is 2.82. The number of aldehydes is 1. The van der Waals surface area contributed by atoms with E-state index in [4.69, 9.17) is 0 Å². The summed E-state index contributed by atoms with van der Waals surface area (Å²) in [4.78, 5) is 10.1. The van der Waals surface area contributed by atoms with Gasteiger partial charge in [-0.05, 0) is 37.2 Å². The van der Waals surface area contributed by atoms with Crippen LogP contribution in [0, 0.1) is 11.8 Å². The molecule has 0 aromatic carbocycles. The van der Waals surface area contributed by atoms with Crippen molar-refractivity contribution in [2.75, 3.05) is 0 Å². The van der Waals surface area contributed by atoms with E-state index in [9.17, 15) is 4.79 Å². The molecule has 0 heterocycles. The molecule has 0 radical (unpaired) electrons. The standard InChI is InChI=1S/C12H18O/c1-10(2)12-7-5-11(6-8-12)4-3-9-13/h3-5,9-10,12H,6-8H2,1-2H3/b4-3-/t12-/m1/s1. The topological polar surface area (TPSA) is 17.1 Å². The predicted octanol–water partition coefficient (Wildman–Crippen LogP) is 3.12. The van der Waals surface area contributed by atoms with E-state index in [1.807, 2.05) is 6.08 Å². The first-order valence-corrected chi connectivity index (χ1v) is 5.05. The van der Waals surface area contributed by atoms with Crippen LogP contribution in [0.4, 0.5) is 0 Å². The smallest absolute Gasteiger partial charge is 0.142 e. The van der Waals surface area contributed by atoms with Crippen LogP contribution in [0.25, 0.3) is 0 Å². The molecule has 0 saturated heterocycles. The molecule has 0 amide bonds. The van der Waals surface area contributed by atoms with E-state index in [0.717, 1.165) is 24.5 Å². The fourth-order valence-electron chi connectivity index (χ4n) is 1.79. The Balaban J connectivity index is 2.47. The lowest BCUT2D eigenvalue weighted by atomic mass is 9.82. The summed E-state index contributed by atoms with van der Waals surface area (Å²) in [5.74, 6) is 1.63. The van der Waals surface area contributed by atoms with Gasteiger partial charge in [-0.15, -0.1) is 0 Å². The monoisotopic (exact) mass is 178 g/mol. The average Bonchev–Trinajstić information content (AvgIpc) is 2.15. The molecule has 1 atom stereocenters. The Bertz CT molecular complexity index is 223. The fraction of sp³-hybridized carbons (Fsp3) is 0.583. The molecule has 13 heavy (non-hydrogen) atoms. The Kier molecular flexibility index (Phi) is 3.94. The van der Waals surface area contributed by atoms with Crippen LogP contribution < -0.4 is 0 Å². The summed E-state index contributed by atoms with van der Waals surface area (Å²) in [6, 6.07) is 0. The minimum atomic E-state index is 0.785. The van der Waals surface area contributed by atoms with E-state index in [2.05, 4.69) is 19.9 Å². The van der Waals surface area contributed by atoms with Gasteiger partial charge >= 0.3 is 0 Å². The molecular formula is C12H18O. The first-order valence-electron chi connectivity index (χ1n) is 5.05. The van der Waals surface area contributed by atoms with Gasteiger partial charge in [0, 0.05) is 0 Å². The van der Waals surface area contributed by atoms with Crippen LogP contribution in [0.1, 0.15) is 33.1 Å². The molecule has 1 heteroatoms. The molecule has 1 aliphatic rings. The largest absolute Gasteiger partial charge is 0.299 e. The maximum absolute atomic E-state index is 10.1. The first-order chi connectivity index (χ1) is 6.24. The maximum atomic E-state index is 10.1. The van der Waals surface area contributed by atoms with Crippen molar-refractivity contribution in [3.05, 3.63) is 23.8 Å². The van der Waals surface area contributed by atoms with Gasteiger partial charge in [-0.1, -0.05) is 31.6 Å². The fourth-order valence-corrected chi connectivity index (χ4v) is 1.79. The third kappa shape index (κ3) is 3.17. The molecule has 0 saturated carbocycles. The van der Waals surface area contributed by atoms with Crippen LogP contribution in [0.2, 0.25) is 0 Å². The Morgan fingerprint density at radius 2 is 2.31 bits per heavy atom. The molecule has 1 nitrogen and oxygen atoms in total. The zero-order valence-corrected chi connectivity index (χ0v) is 8.49. The highest BCUT2D eigenvalue weighted by atomic mass is 16.1. The lowest BCUT2D eigenvalue weighted by molar-refractivity contribution is -0.104. The van der Waals surface area contributed by atoms with Crippen molar-refractivity contribution in [3.63, 3.8) is 0 Å². The quantitative estimate of drug-likeness (QED) is 0.479. The van der Waals surface area contributed by atoms with Gasteiger partial charge in [0.25, 0.3) is 0 Å². The number of hydrogen-bond acceptors (Lipinski definition) is 1. The van der Waals surface area contributed by atoms with Crippen LogP contribution in [-0.2, 0) is 4.79 Å². The highest BCUT2D eigenvalue weighted by molar-refractivity contribution is 5.65. The predicted molar refractivity (Wildman–Crippen MR) is 55.5 cm³/mol. The number of rotatable bonds is 3. The van der Waals surface area contributed by atoms with E-state index in [1.54, 1.807) is 6.08 Å². The molecule has 0 aromatic rings. The molecule has 72 valence electrons. The van der Waals surface area contributed by atoms with E-state index in [-0.39, 0.29) is 0 Å². The van der Waals surface area contributed by atoms with Gasteiger partial charge in [-0.3, -0.25) is 4.79 Å². The highest BCUT2D eigenvalue weighted by Crippen LogP contribution is 2.29. The summed E-state index contributed by atoms with van der Waals surface area (Å²) in [5, 5.41) is 0. The van der Waals surface area contributed by atoms with Crippen molar-refractivity contribution in [1.29, 1.82) is 0 Å². The molecule has 0 spiro atoms. The minimum Gasteiger partial charge on any atom is -0.299 e. The molecule has 0 aromatic heterocycles. The summed E-state index contributed by atoms with van der Waals surface area (Å²) in [5.41, 5.74) is 1.32. The summed E-state index contributed by atoms with van der Waals surface area (Å²) in [6.07, 6.45) is 10.2. The van der Waals surface area contributed by atoms with Gasteiger partial charge in [0.2, 0.25) is 0 Å². The zero-order valence-electron chi connectivity index (χ0n) is 8.49. The molecule has 0 fully saturated rings. The second kappa shape index (κ2) is 5.00. The van der Waals surface area contributed by atoms with Crippen molar-refractivity contribution in [2.24, 2.45) is 11.8 Å². The SMILES string of the molecule is CC(C)[C@@H]1CC=C(/C=C\C=O)CC1. The van der Waals surface area contributed by atoms with Crippen molar-refractivity contribution < 1.29 is 4.79 Å². The molecule has 0 bridgehead atoms. The molecular weight excluding hydrogens is 160 g/mol. The van der Waals surface area contributed by atoms with Crippen LogP contribution in [0.5, 0.6) is 0 Å². The van der Waals surface area contributed by atoms with Gasteiger partial charge < -0.3 is 0 Å². The minimum absolute atomic E-state index is 0.785. The van der Waals surface area contributed by atoms with Crippen molar-refractivity contribution in [3.8, 4) is 0 Å². The van der Waals surface area contributed by atoms with Crippen LogP contribution in [0.15, 0.2) is 23.8 Å². The van der Waals surface area contributed by atoms with Gasteiger partial charge in [0.05, 0.1) is 0 Å². The van der Waals surface area contributed by atoms with Crippen LogP contribution >= 0.6 is 0 Å². The Labute approximate surface area is 80.5 Å². The van der Waals surface area contributed by atoms with Gasteiger partial charge in [0.1, 0.15) is 6.29 Å². The van der Waals surface area contributed by atoms with Crippen molar-refractivity contribution in [2.45, 2.75) is 33.1 Å². The zero-order chi connectivity index (χ0) is 9.68. The van der Waals surface area contributed by atoms with Crippen molar-refractivity contribution in [1.82, 2.24) is 0 Å². The summed E-state index contributed by atoms with van der Waals surface area (Å²) in [6.45, 7) is 4.57. The normalized spacial score (nSPS) is 23.6. The Hall–Kier alpha value is -0.850. The first kappa shape index (κ1) is 10.2. The van der Waals surface area contributed by atoms with Gasteiger partial charge in [-0.25, -0.2) is 0 Å². The maximum Gasteiger partial charge on any atom is 0.142 e. The summed E-state index contributed by atoms with van der Waals surface area (Å²) < 4.78 is 0. The van der Waals surface area contributed by atoms with Crippen LogP contribution in [0.3, 0.4) is 0 Å². The number of hydrogen-bond donors (Lipinski definition) is 0. The number of allylic oxidation sites excluding steroid dienone is 4. The lowest BCUT2D eigenvalue weighted by Crippen LogP contribution is -2.11. The Morgan fingerprint density at radius 1 is 1.54 bits per heavy atom. The van der Waals surface area contributed by atoms with E-state index in [0.29, 0.717) is 0 Å². The summed E-state index contributed by atoms with van der Waals surface area (Å²) >= 11 is 0. The Morgan fingerprint density at radius 3 is 2.77 bits per heavy atom. The van der Waals surface area contributed by atoms with Crippen LogP contribution in [-0.4, -0.2) is 6.29 Å². The number of carbonyl (C=O) groups excluding carboxylic acids is 1. The van der Waals surface area contributed by atoms with E-state index >= 15 is 0 Å². The molecule has 1 rings (SSSR count). The average molecular weight is 178 g/mol. The molecule has 1 aliphatic carbocycles. The second-order valence-corrected chi connectivity index (χ2v) is 4.05. The van der Waals surface area contributed by atoms with E-state index < -0.39 is 0 Å². The summed E-state index contributed by atoms with van der Waals surface area (Å²) in [7, 11) is 0.